The molecule has 0 saturated carbocycles. The molecule has 3 aromatic rings. The van der Waals surface area contributed by atoms with Crippen LogP contribution in [0.5, 0.6) is 0 Å². The number of nitrogen functional groups attached to an aromatic ring is 1. The van der Waals surface area contributed by atoms with Gasteiger partial charge in [0.15, 0.2) is 0 Å². The number of hydrogen-bond acceptors (Lipinski definition) is 6. The minimum absolute atomic E-state index is 0.208. The van der Waals surface area contributed by atoms with Crippen LogP contribution >= 0.6 is 0 Å². The van der Waals surface area contributed by atoms with Crippen molar-refractivity contribution >= 4 is 29.4 Å². The van der Waals surface area contributed by atoms with Gasteiger partial charge in [-0.2, -0.15) is 0 Å². The summed E-state index contributed by atoms with van der Waals surface area (Å²) in [4.78, 5) is 50.5. The predicted octanol–water partition coefficient (Wildman–Crippen LogP) is 3.40. The molecule has 3 N–H and O–H groups in total. The summed E-state index contributed by atoms with van der Waals surface area (Å²) >= 11 is 0. The molecule has 9 nitrogen and oxygen atoms in total. The molecule has 1 aliphatic rings. The number of urea groups is 1. The number of likely N-dealkylation sites (tertiary alicyclic amines) is 1. The first-order valence-corrected chi connectivity index (χ1v) is 12.0. The van der Waals surface area contributed by atoms with Crippen molar-refractivity contribution in [3.8, 4) is 0 Å². The van der Waals surface area contributed by atoms with E-state index in [1.54, 1.807) is 75.8 Å². The van der Waals surface area contributed by atoms with Gasteiger partial charge in [-0.25, -0.2) is 14.2 Å². The Morgan fingerprint density at radius 3 is 2.59 bits per heavy atom. The number of rotatable bonds is 7. The Hall–Kier alpha value is -4.34. The van der Waals surface area contributed by atoms with Gasteiger partial charge in [0, 0.05) is 36.9 Å². The van der Waals surface area contributed by atoms with Crippen molar-refractivity contribution in [2.24, 2.45) is 5.92 Å². The second kappa shape index (κ2) is 10.7. The Balaban J connectivity index is 1.61. The van der Waals surface area contributed by atoms with Gasteiger partial charge in [-0.15, -0.1) is 0 Å². The largest absolute Gasteiger partial charge is 0.384 e. The molecule has 1 fully saturated rings. The number of halogens is 1. The van der Waals surface area contributed by atoms with Crippen molar-refractivity contribution in [2.45, 2.75) is 38.8 Å². The van der Waals surface area contributed by atoms with E-state index in [4.69, 9.17) is 5.73 Å². The van der Waals surface area contributed by atoms with Crippen molar-refractivity contribution in [3.05, 3.63) is 83.6 Å². The highest BCUT2D eigenvalue weighted by atomic mass is 19.1. The first-order valence-electron chi connectivity index (χ1n) is 12.0. The van der Waals surface area contributed by atoms with E-state index in [1.165, 1.54) is 11.1 Å². The van der Waals surface area contributed by atoms with E-state index in [0.29, 0.717) is 29.1 Å². The van der Waals surface area contributed by atoms with Crippen LogP contribution in [-0.4, -0.2) is 45.8 Å². The Labute approximate surface area is 214 Å². The lowest BCUT2D eigenvalue weighted by atomic mass is 9.81. The zero-order valence-electron chi connectivity index (χ0n) is 20.9. The minimum atomic E-state index is -1.06. The maximum absolute atomic E-state index is 14.8. The molecule has 0 radical (unpaired) electrons. The van der Waals surface area contributed by atoms with E-state index in [-0.39, 0.29) is 6.42 Å². The van der Waals surface area contributed by atoms with Crippen molar-refractivity contribution < 1.29 is 18.8 Å². The smallest absolute Gasteiger partial charge is 0.325 e. The van der Waals surface area contributed by atoms with E-state index >= 15 is 0 Å². The molecule has 3 heterocycles. The maximum atomic E-state index is 14.8. The van der Waals surface area contributed by atoms with Crippen molar-refractivity contribution in [1.82, 2.24) is 20.2 Å². The molecule has 0 unspecified atom stereocenters. The molecular formula is C27H29FN6O3. The number of hydrogen-bond donors (Lipinski definition) is 2. The number of aryl methyl sites for hydroxylation is 1. The van der Waals surface area contributed by atoms with Gasteiger partial charge >= 0.3 is 6.03 Å². The number of nitrogens with two attached hydrogens (primary N) is 1. The Morgan fingerprint density at radius 1 is 1.19 bits per heavy atom. The molecule has 37 heavy (non-hydrogen) atoms. The van der Waals surface area contributed by atoms with Gasteiger partial charge in [0.1, 0.15) is 17.7 Å². The fourth-order valence-corrected chi connectivity index (χ4v) is 4.58. The Bertz CT molecular complexity index is 1320. The van der Waals surface area contributed by atoms with Gasteiger partial charge in [0.25, 0.3) is 5.91 Å². The molecule has 2 aromatic heterocycles. The zero-order valence-corrected chi connectivity index (χ0v) is 20.9. The molecule has 3 atom stereocenters. The number of nitrogens with zero attached hydrogens (tertiary/aromatic N) is 4. The normalized spacial score (nSPS) is 17.6. The van der Waals surface area contributed by atoms with Crippen molar-refractivity contribution in [1.29, 1.82) is 0 Å². The first-order chi connectivity index (χ1) is 17.7. The van der Waals surface area contributed by atoms with E-state index < -0.39 is 41.7 Å². The second-order valence-corrected chi connectivity index (χ2v) is 9.04. The topological polar surface area (TPSA) is 122 Å². The third-order valence-corrected chi connectivity index (χ3v) is 6.67. The number of imide groups is 1. The highest BCUT2D eigenvalue weighted by Crippen LogP contribution is 2.33. The maximum Gasteiger partial charge on any atom is 0.325 e. The summed E-state index contributed by atoms with van der Waals surface area (Å²) in [5.41, 5.74) is 7.86. The minimum Gasteiger partial charge on any atom is -0.384 e. The van der Waals surface area contributed by atoms with Gasteiger partial charge in [-0.05, 0) is 55.2 Å². The summed E-state index contributed by atoms with van der Waals surface area (Å²) in [5, 5.41) is 2.76. The van der Waals surface area contributed by atoms with Crippen LogP contribution in [0, 0.1) is 18.7 Å². The molecule has 0 aliphatic carbocycles. The first kappa shape index (κ1) is 25.7. The molecule has 4 amide bonds. The van der Waals surface area contributed by atoms with Gasteiger partial charge in [-0.1, -0.05) is 25.1 Å². The van der Waals surface area contributed by atoms with Gasteiger partial charge in [0.05, 0.1) is 12.0 Å². The average Bonchev–Trinajstić information content (AvgIpc) is 2.90. The fourth-order valence-electron chi connectivity index (χ4n) is 4.58. The third kappa shape index (κ3) is 5.13. The molecule has 0 spiro atoms. The predicted molar refractivity (Wildman–Crippen MR) is 137 cm³/mol. The fraction of sp³-hybridized carbons (Fsp3) is 0.296. The monoisotopic (exact) mass is 504 g/mol. The number of benzene rings is 1. The van der Waals surface area contributed by atoms with Crippen LogP contribution in [0.1, 0.15) is 36.1 Å². The molecule has 1 saturated heterocycles. The van der Waals surface area contributed by atoms with Crippen LogP contribution in [0.4, 0.5) is 20.7 Å². The molecule has 0 bridgehead atoms. The van der Waals surface area contributed by atoms with Gasteiger partial charge < -0.3 is 16.0 Å². The van der Waals surface area contributed by atoms with E-state index in [2.05, 4.69) is 15.3 Å². The number of pyridine rings is 2. The number of β-lactam (4-membered cyclic amide) rings is 1. The lowest BCUT2D eigenvalue weighted by Gasteiger charge is -2.46. The summed E-state index contributed by atoms with van der Waals surface area (Å²) < 4.78 is 14.8. The van der Waals surface area contributed by atoms with Crippen molar-refractivity contribution in [2.75, 3.05) is 17.7 Å². The number of carbonyl (C=O) groups excluding carboxylic acids is 3. The summed E-state index contributed by atoms with van der Waals surface area (Å²) in [6.45, 7) is 3.45. The number of carbonyl (C=O) groups is 3. The third-order valence-electron chi connectivity index (χ3n) is 6.67. The van der Waals surface area contributed by atoms with Crippen LogP contribution < -0.4 is 16.0 Å². The van der Waals surface area contributed by atoms with Crippen LogP contribution in [0.3, 0.4) is 0 Å². The lowest BCUT2D eigenvalue weighted by molar-refractivity contribution is -0.156. The number of nitrogens with one attached hydrogen (secondary N) is 1. The highest BCUT2D eigenvalue weighted by molar-refractivity contribution is 6.12. The zero-order chi connectivity index (χ0) is 26.7. The summed E-state index contributed by atoms with van der Waals surface area (Å²) in [5.74, 6) is -1.82. The van der Waals surface area contributed by atoms with Crippen LogP contribution in [-0.2, 0) is 16.0 Å². The van der Waals surface area contributed by atoms with E-state index in [1.807, 2.05) is 0 Å². The van der Waals surface area contributed by atoms with E-state index in [0.717, 1.165) is 10.5 Å². The van der Waals surface area contributed by atoms with Gasteiger partial charge in [0.2, 0.25) is 5.91 Å². The molecule has 10 heteroatoms. The summed E-state index contributed by atoms with van der Waals surface area (Å²) in [6, 6.07) is 9.16. The average molecular weight is 505 g/mol. The molecule has 1 aliphatic heterocycles. The van der Waals surface area contributed by atoms with Crippen molar-refractivity contribution in [3.63, 3.8) is 0 Å². The number of likely N-dealkylation sites (N-methyl/N-ethyl adjacent to an activating group) is 1. The summed E-state index contributed by atoms with van der Waals surface area (Å²) in [6.07, 6.45) is 5.23. The SMILES string of the molecule is CC[C@@H](NC(=O)N1C(=O)[C@H](Cc2ccnc(N)c2)[C@H]1C(=O)N(C)c1ccncc1)c1cccc(C)c1F. The van der Waals surface area contributed by atoms with Gasteiger partial charge in [-0.3, -0.25) is 19.5 Å². The molecule has 192 valence electrons. The molecular weight excluding hydrogens is 475 g/mol. The molecule has 1 aromatic carbocycles. The van der Waals surface area contributed by atoms with Crippen LogP contribution in [0.15, 0.2) is 61.1 Å². The highest BCUT2D eigenvalue weighted by Gasteiger charge is 2.55. The van der Waals surface area contributed by atoms with Crippen LogP contribution in [0.2, 0.25) is 0 Å². The Kier molecular flexibility index (Phi) is 7.47. The summed E-state index contributed by atoms with van der Waals surface area (Å²) in [7, 11) is 1.58. The number of amides is 4. The standard InChI is InChI=1S/C27H29FN6O3/c1-4-21(19-7-5-6-16(2)23(19)28)32-27(37)34-24(26(36)33(3)18-9-11-30-12-10-18)20(25(34)35)14-17-8-13-31-22(29)15-17/h5-13,15,20-21,24H,4,14H2,1-3H3,(H2,29,31)(H,32,37)/t20-,21-,24+/m1/s1. The number of anilines is 2. The Morgan fingerprint density at radius 2 is 1.92 bits per heavy atom. The second-order valence-electron chi connectivity index (χ2n) is 9.04. The molecule has 4 rings (SSSR count). The number of aromatic nitrogens is 2. The quantitative estimate of drug-likeness (QED) is 0.476. The van der Waals surface area contributed by atoms with E-state index in [9.17, 15) is 18.8 Å². The lowest BCUT2D eigenvalue weighted by Crippen LogP contribution is -2.70. The van der Waals surface area contributed by atoms with Crippen LogP contribution in [0.25, 0.3) is 0 Å².